The zero-order chi connectivity index (χ0) is 11.1. The standard InChI is InChI=1S/C13H12O3/c14-8-5-6-10-9-3-1-2-4-11(9)13(15)16-12(10)7-8/h3,5-7,11,14H,1-2,4H2/t11-/m0/s1. The lowest BCUT2D eigenvalue weighted by molar-refractivity contribution is -0.137. The number of fused-ring (bicyclic) bond motifs is 3. The second-order valence-corrected chi connectivity index (χ2v) is 4.24. The summed E-state index contributed by atoms with van der Waals surface area (Å²) < 4.78 is 5.24. The van der Waals surface area contributed by atoms with Crippen LogP contribution >= 0.6 is 0 Å². The van der Waals surface area contributed by atoms with Gasteiger partial charge in [0.15, 0.2) is 0 Å². The molecule has 1 N–H and O–H groups in total. The molecule has 2 aliphatic rings. The molecule has 0 bridgehead atoms. The quantitative estimate of drug-likeness (QED) is 0.535. The summed E-state index contributed by atoms with van der Waals surface area (Å²) in [7, 11) is 0. The first kappa shape index (κ1) is 9.46. The molecule has 0 aromatic heterocycles. The van der Waals surface area contributed by atoms with Crippen molar-refractivity contribution in [1.82, 2.24) is 0 Å². The van der Waals surface area contributed by atoms with Crippen molar-refractivity contribution in [3.63, 3.8) is 0 Å². The number of phenolic OH excluding ortho intramolecular Hbond substituents is 1. The smallest absolute Gasteiger partial charge is 0.318 e. The predicted molar refractivity (Wildman–Crippen MR) is 59.1 cm³/mol. The van der Waals surface area contributed by atoms with E-state index in [2.05, 4.69) is 6.08 Å². The lowest BCUT2D eigenvalue weighted by atomic mass is 9.82. The second kappa shape index (κ2) is 3.37. The first-order valence-corrected chi connectivity index (χ1v) is 5.51. The van der Waals surface area contributed by atoms with Crippen LogP contribution in [0.4, 0.5) is 0 Å². The average Bonchev–Trinajstić information content (AvgIpc) is 2.29. The first-order valence-electron chi connectivity index (χ1n) is 5.51. The van der Waals surface area contributed by atoms with Crippen LogP contribution in [-0.2, 0) is 4.79 Å². The van der Waals surface area contributed by atoms with Crippen LogP contribution < -0.4 is 4.74 Å². The molecule has 82 valence electrons. The van der Waals surface area contributed by atoms with E-state index in [0.717, 1.165) is 30.4 Å². The number of carbonyl (C=O) groups is 1. The number of carbonyl (C=O) groups excluding carboxylic acids is 1. The van der Waals surface area contributed by atoms with Crippen molar-refractivity contribution in [2.45, 2.75) is 19.3 Å². The number of hydrogen-bond donors (Lipinski definition) is 1. The van der Waals surface area contributed by atoms with Gasteiger partial charge in [-0.05, 0) is 37.0 Å². The summed E-state index contributed by atoms with van der Waals surface area (Å²) in [6, 6.07) is 4.95. The van der Waals surface area contributed by atoms with E-state index < -0.39 is 0 Å². The Morgan fingerprint density at radius 3 is 3.12 bits per heavy atom. The van der Waals surface area contributed by atoms with Gasteiger partial charge in [0.05, 0.1) is 5.92 Å². The van der Waals surface area contributed by atoms with Crippen LogP contribution in [0.3, 0.4) is 0 Å². The number of rotatable bonds is 0. The topological polar surface area (TPSA) is 46.5 Å². The molecule has 1 aliphatic heterocycles. The second-order valence-electron chi connectivity index (χ2n) is 4.24. The summed E-state index contributed by atoms with van der Waals surface area (Å²) >= 11 is 0. The molecule has 0 amide bonds. The lowest BCUT2D eigenvalue weighted by Crippen LogP contribution is -2.28. The Morgan fingerprint density at radius 1 is 1.38 bits per heavy atom. The van der Waals surface area contributed by atoms with Crippen LogP contribution in [0, 0.1) is 5.92 Å². The summed E-state index contributed by atoms with van der Waals surface area (Å²) in [4.78, 5) is 11.8. The summed E-state index contributed by atoms with van der Waals surface area (Å²) in [5.74, 6) is 0.311. The molecule has 3 nitrogen and oxygen atoms in total. The van der Waals surface area contributed by atoms with Gasteiger partial charge in [-0.2, -0.15) is 0 Å². The van der Waals surface area contributed by atoms with Gasteiger partial charge in [-0.15, -0.1) is 0 Å². The minimum absolute atomic E-state index is 0.106. The van der Waals surface area contributed by atoms with Crippen LogP contribution in [0.25, 0.3) is 5.57 Å². The van der Waals surface area contributed by atoms with Crippen molar-refractivity contribution in [2.75, 3.05) is 0 Å². The zero-order valence-electron chi connectivity index (χ0n) is 8.77. The number of ether oxygens (including phenoxy) is 1. The van der Waals surface area contributed by atoms with Crippen LogP contribution in [0.5, 0.6) is 11.5 Å². The van der Waals surface area contributed by atoms with Gasteiger partial charge >= 0.3 is 5.97 Å². The van der Waals surface area contributed by atoms with Gasteiger partial charge in [0, 0.05) is 11.6 Å². The van der Waals surface area contributed by atoms with E-state index in [1.54, 1.807) is 6.07 Å². The maximum atomic E-state index is 11.8. The van der Waals surface area contributed by atoms with Crippen molar-refractivity contribution in [2.24, 2.45) is 5.92 Å². The molecule has 0 spiro atoms. The highest BCUT2D eigenvalue weighted by molar-refractivity contribution is 5.95. The molecule has 0 radical (unpaired) electrons. The molecule has 1 aromatic rings. The minimum atomic E-state index is -0.191. The third-order valence-electron chi connectivity index (χ3n) is 3.21. The monoisotopic (exact) mass is 216 g/mol. The van der Waals surface area contributed by atoms with Gasteiger partial charge in [-0.25, -0.2) is 0 Å². The van der Waals surface area contributed by atoms with Crippen molar-refractivity contribution in [3.05, 3.63) is 29.8 Å². The van der Waals surface area contributed by atoms with Crippen molar-refractivity contribution < 1.29 is 14.6 Å². The Morgan fingerprint density at radius 2 is 2.25 bits per heavy atom. The number of benzene rings is 1. The van der Waals surface area contributed by atoms with Crippen molar-refractivity contribution in [3.8, 4) is 11.5 Å². The van der Waals surface area contributed by atoms with Gasteiger partial charge in [0.2, 0.25) is 0 Å². The maximum Gasteiger partial charge on any atom is 0.318 e. The highest BCUT2D eigenvalue weighted by Gasteiger charge is 2.34. The molecule has 3 heteroatoms. The molecule has 0 fully saturated rings. The fraction of sp³-hybridized carbons (Fsp3) is 0.308. The molecular weight excluding hydrogens is 204 g/mol. The normalized spacial score (nSPS) is 22.9. The molecule has 0 saturated carbocycles. The summed E-state index contributed by atoms with van der Waals surface area (Å²) in [5.41, 5.74) is 2.01. The molecule has 0 unspecified atom stereocenters. The molecule has 1 aliphatic carbocycles. The Labute approximate surface area is 93.4 Å². The van der Waals surface area contributed by atoms with Gasteiger partial charge in [-0.3, -0.25) is 4.79 Å². The third-order valence-corrected chi connectivity index (χ3v) is 3.21. The summed E-state index contributed by atoms with van der Waals surface area (Å²) in [6.07, 6.45) is 5.03. The third kappa shape index (κ3) is 1.32. The molecule has 1 atom stereocenters. The van der Waals surface area contributed by atoms with Gasteiger partial charge in [0.25, 0.3) is 0 Å². The van der Waals surface area contributed by atoms with E-state index in [1.807, 2.05) is 6.07 Å². The van der Waals surface area contributed by atoms with E-state index in [4.69, 9.17) is 4.74 Å². The number of aromatic hydroxyl groups is 1. The molecule has 1 aromatic carbocycles. The van der Waals surface area contributed by atoms with Gasteiger partial charge in [-0.1, -0.05) is 6.08 Å². The Bertz CT molecular complexity index is 488. The number of allylic oxidation sites excluding steroid dienone is 1. The lowest BCUT2D eigenvalue weighted by Gasteiger charge is -2.29. The summed E-state index contributed by atoms with van der Waals surface area (Å²) in [6.45, 7) is 0. The van der Waals surface area contributed by atoms with Crippen LogP contribution in [0.15, 0.2) is 24.3 Å². The Balaban J connectivity index is 2.16. The van der Waals surface area contributed by atoms with E-state index in [-0.39, 0.29) is 17.6 Å². The van der Waals surface area contributed by atoms with Crippen LogP contribution in [-0.4, -0.2) is 11.1 Å². The highest BCUT2D eigenvalue weighted by Crippen LogP contribution is 2.42. The van der Waals surface area contributed by atoms with E-state index in [9.17, 15) is 9.90 Å². The van der Waals surface area contributed by atoms with Crippen molar-refractivity contribution in [1.29, 1.82) is 0 Å². The predicted octanol–water partition coefficient (Wildman–Crippen LogP) is 2.49. The number of phenols is 1. The molecule has 16 heavy (non-hydrogen) atoms. The van der Waals surface area contributed by atoms with Crippen LogP contribution in [0.2, 0.25) is 0 Å². The fourth-order valence-corrected chi connectivity index (χ4v) is 2.43. The largest absolute Gasteiger partial charge is 0.508 e. The maximum absolute atomic E-state index is 11.8. The van der Waals surface area contributed by atoms with Crippen LogP contribution in [0.1, 0.15) is 24.8 Å². The first-order chi connectivity index (χ1) is 7.75. The Kier molecular flexibility index (Phi) is 1.99. The van der Waals surface area contributed by atoms with Gasteiger partial charge in [0.1, 0.15) is 11.5 Å². The number of esters is 1. The van der Waals surface area contributed by atoms with E-state index in [1.165, 1.54) is 6.07 Å². The summed E-state index contributed by atoms with van der Waals surface area (Å²) in [5, 5.41) is 9.36. The Hall–Kier alpha value is -1.77. The zero-order valence-corrected chi connectivity index (χ0v) is 8.77. The molecule has 3 rings (SSSR count). The average molecular weight is 216 g/mol. The fourth-order valence-electron chi connectivity index (χ4n) is 2.43. The SMILES string of the molecule is O=C1Oc2cc(O)ccc2C2=CCCC[C@H]12. The molecular formula is C13H12O3. The molecule has 0 saturated heterocycles. The highest BCUT2D eigenvalue weighted by atomic mass is 16.5. The van der Waals surface area contributed by atoms with Crippen molar-refractivity contribution >= 4 is 11.5 Å². The minimum Gasteiger partial charge on any atom is -0.508 e. The van der Waals surface area contributed by atoms with E-state index in [0.29, 0.717) is 5.75 Å². The number of hydrogen-bond acceptors (Lipinski definition) is 3. The van der Waals surface area contributed by atoms with E-state index >= 15 is 0 Å². The van der Waals surface area contributed by atoms with Gasteiger partial charge < -0.3 is 9.84 Å². The molecule has 1 heterocycles.